The van der Waals surface area contributed by atoms with E-state index in [2.05, 4.69) is 27.4 Å². The lowest BCUT2D eigenvalue weighted by molar-refractivity contribution is -0.139. The molecule has 1 saturated heterocycles. The van der Waals surface area contributed by atoms with Crippen molar-refractivity contribution in [2.45, 2.75) is 81.5 Å². The molecule has 3 fully saturated rings. The number of aromatic nitrogens is 2. The fourth-order valence-electron chi connectivity index (χ4n) is 4.87. The van der Waals surface area contributed by atoms with Gasteiger partial charge in [-0.25, -0.2) is 8.42 Å². The van der Waals surface area contributed by atoms with Gasteiger partial charge in [-0.15, -0.1) is 0 Å². The Bertz CT molecular complexity index is 1270. The number of amides is 4. The number of carbonyl (C=O) groups is 4. The average Bonchev–Trinajstić information content (AvgIpc) is 3.65. The number of likely N-dealkylation sites (tertiary alicyclic amines) is 1. The van der Waals surface area contributed by atoms with Gasteiger partial charge in [-0.1, -0.05) is 31.9 Å². The van der Waals surface area contributed by atoms with Gasteiger partial charge in [0.25, 0.3) is 11.8 Å². The molecule has 0 aromatic carbocycles. The molecule has 3 atom stereocenters. The van der Waals surface area contributed by atoms with E-state index in [1.807, 2.05) is 12.2 Å². The van der Waals surface area contributed by atoms with Crippen molar-refractivity contribution in [1.82, 2.24) is 30.0 Å². The van der Waals surface area contributed by atoms with E-state index in [0.29, 0.717) is 32.2 Å². The standard InChI is InChI=1S/C26H38N6O6S/c1-4-5-6-7-9-18-16-26(18,24(36)30-39(37,38)25(2)12-13-25)28-23(35)20-10-8-14-32(20)21(33)17-27-22(34)19-11-15-31(3)29-19/h7,9,11,15,18,20H,4-6,8,10,12-14,16-17H2,1-3H3,(H,27,34)(H,28,35)(H,30,36)/b9-7-. The normalized spacial score (nSPS) is 25.4. The van der Waals surface area contributed by atoms with Crippen LogP contribution in [0.3, 0.4) is 0 Å². The van der Waals surface area contributed by atoms with Crippen molar-refractivity contribution in [2.24, 2.45) is 13.0 Å². The first-order valence-corrected chi connectivity index (χ1v) is 15.0. The van der Waals surface area contributed by atoms with Crippen LogP contribution >= 0.6 is 0 Å². The van der Waals surface area contributed by atoms with E-state index in [-0.39, 0.29) is 24.6 Å². The first-order valence-electron chi connectivity index (χ1n) is 13.6. The smallest absolute Gasteiger partial charge is 0.272 e. The summed E-state index contributed by atoms with van der Waals surface area (Å²) in [6.45, 7) is 3.70. The fraction of sp³-hybridized carbons (Fsp3) is 0.654. The molecule has 3 aliphatic rings. The number of nitrogens with zero attached hydrogens (tertiary/aromatic N) is 3. The third kappa shape index (κ3) is 6.18. The molecule has 0 radical (unpaired) electrons. The molecule has 4 amide bonds. The van der Waals surface area contributed by atoms with Gasteiger partial charge in [0.15, 0.2) is 0 Å². The molecule has 39 heavy (non-hydrogen) atoms. The maximum Gasteiger partial charge on any atom is 0.272 e. The average molecular weight is 563 g/mol. The summed E-state index contributed by atoms with van der Waals surface area (Å²) in [7, 11) is -2.21. The highest BCUT2D eigenvalue weighted by Gasteiger charge is 2.62. The van der Waals surface area contributed by atoms with Crippen LogP contribution in [0.25, 0.3) is 0 Å². The number of rotatable bonds is 12. The van der Waals surface area contributed by atoms with E-state index in [1.165, 1.54) is 15.6 Å². The molecule has 2 saturated carbocycles. The van der Waals surface area contributed by atoms with E-state index in [4.69, 9.17) is 0 Å². The first kappa shape index (κ1) is 28.8. The van der Waals surface area contributed by atoms with Crippen LogP contribution in [0, 0.1) is 5.92 Å². The van der Waals surface area contributed by atoms with E-state index < -0.39 is 50.0 Å². The SMILES string of the molecule is CCCC/C=C\C1CC1(NC(=O)C1CCCN1C(=O)CNC(=O)c1ccn(C)n1)C(=O)NS(=O)(=O)C1(C)CC1. The Morgan fingerprint density at radius 2 is 1.97 bits per heavy atom. The molecule has 0 spiro atoms. The lowest BCUT2D eigenvalue weighted by Gasteiger charge is -2.27. The number of unbranched alkanes of at least 4 members (excludes halogenated alkanes) is 2. The summed E-state index contributed by atoms with van der Waals surface area (Å²) >= 11 is 0. The number of sulfonamides is 1. The Kier molecular flexibility index (Phi) is 8.20. The minimum atomic E-state index is -3.88. The van der Waals surface area contributed by atoms with Crippen molar-refractivity contribution in [3.8, 4) is 0 Å². The van der Waals surface area contributed by atoms with Gasteiger partial charge in [0.1, 0.15) is 17.3 Å². The summed E-state index contributed by atoms with van der Waals surface area (Å²) < 4.78 is 28.3. The molecule has 2 aliphatic carbocycles. The van der Waals surface area contributed by atoms with Crippen molar-refractivity contribution in [1.29, 1.82) is 0 Å². The van der Waals surface area contributed by atoms with Crippen LogP contribution in [0.15, 0.2) is 24.4 Å². The zero-order valence-corrected chi connectivity index (χ0v) is 23.6. The number of nitrogens with one attached hydrogen (secondary N) is 3. The summed E-state index contributed by atoms with van der Waals surface area (Å²) in [4.78, 5) is 53.3. The molecule has 0 bridgehead atoms. The van der Waals surface area contributed by atoms with E-state index in [9.17, 15) is 27.6 Å². The molecule has 3 unspecified atom stereocenters. The molecule has 1 aliphatic heterocycles. The van der Waals surface area contributed by atoms with Gasteiger partial charge in [0, 0.05) is 25.7 Å². The minimum absolute atomic E-state index is 0.177. The summed E-state index contributed by atoms with van der Waals surface area (Å²) in [5, 5.41) is 9.35. The first-order chi connectivity index (χ1) is 18.4. The van der Waals surface area contributed by atoms with Crippen LogP contribution < -0.4 is 15.4 Å². The van der Waals surface area contributed by atoms with E-state index in [0.717, 1.165) is 19.3 Å². The molecule has 1 aromatic rings. The number of carbonyl (C=O) groups excluding carboxylic acids is 4. The van der Waals surface area contributed by atoms with Gasteiger partial charge in [-0.3, -0.25) is 28.6 Å². The van der Waals surface area contributed by atoms with Crippen molar-refractivity contribution < 1.29 is 27.6 Å². The maximum atomic E-state index is 13.4. The lowest BCUT2D eigenvalue weighted by Crippen LogP contribution is -2.57. The molecule has 4 rings (SSSR count). The Morgan fingerprint density at radius 1 is 1.23 bits per heavy atom. The van der Waals surface area contributed by atoms with Crippen LogP contribution in [-0.2, 0) is 31.5 Å². The minimum Gasteiger partial charge on any atom is -0.342 e. The topological polar surface area (TPSA) is 160 Å². The van der Waals surface area contributed by atoms with Crippen molar-refractivity contribution in [3.63, 3.8) is 0 Å². The highest BCUT2D eigenvalue weighted by atomic mass is 32.2. The quantitative estimate of drug-likeness (QED) is 0.250. The summed E-state index contributed by atoms with van der Waals surface area (Å²) in [5.74, 6) is -2.52. The predicted molar refractivity (Wildman–Crippen MR) is 143 cm³/mol. The summed E-state index contributed by atoms with van der Waals surface area (Å²) in [6.07, 6.45) is 10.5. The Labute approximate surface area is 229 Å². The number of aryl methyl sites for hydroxylation is 1. The van der Waals surface area contributed by atoms with Gasteiger partial charge in [0.2, 0.25) is 21.8 Å². The third-order valence-corrected chi connectivity index (χ3v) is 10.1. The second-order valence-corrected chi connectivity index (χ2v) is 13.2. The molecule has 1 aromatic heterocycles. The van der Waals surface area contributed by atoms with Crippen LogP contribution in [0.2, 0.25) is 0 Å². The number of hydrogen-bond donors (Lipinski definition) is 3. The molecular weight excluding hydrogens is 524 g/mol. The molecule has 13 heteroatoms. The van der Waals surface area contributed by atoms with Crippen LogP contribution in [0.1, 0.15) is 75.7 Å². The van der Waals surface area contributed by atoms with Crippen LogP contribution in [0.5, 0.6) is 0 Å². The molecule has 2 heterocycles. The predicted octanol–water partition coefficient (Wildman–Crippen LogP) is 0.761. The fourth-order valence-corrected chi connectivity index (χ4v) is 6.18. The Balaban J connectivity index is 1.42. The van der Waals surface area contributed by atoms with Crippen molar-refractivity contribution >= 4 is 33.7 Å². The summed E-state index contributed by atoms with van der Waals surface area (Å²) in [5.41, 5.74) is -1.21. The Hall–Kier alpha value is -3.22. The zero-order valence-electron chi connectivity index (χ0n) is 22.7. The van der Waals surface area contributed by atoms with Gasteiger partial charge in [-0.05, 0) is 51.5 Å². The number of allylic oxidation sites excluding steroid dienone is 1. The maximum absolute atomic E-state index is 13.4. The molecule has 12 nitrogen and oxygen atoms in total. The molecular formula is C26H38N6O6S. The monoisotopic (exact) mass is 562 g/mol. The van der Waals surface area contributed by atoms with Crippen molar-refractivity contribution in [2.75, 3.05) is 13.1 Å². The molecule has 214 valence electrons. The highest BCUT2D eigenvalue weighted by molar-refractivity contribution is 7.91. The van der Waals surface area contributed by atoms with Crippen LogP contribution in [0.4, 0.5) is 0 Å². The highest BCUT2D eigenvalue weighted by Crippen LogP contribution is 2.47. The Morgan fingerprint density at radius 3 is 2.62 bits per heavy atom. The third-order valence-electron chi connectivity index (χ3n) is 7.91. The second-order valence-electron chi connectivity index (χ2n) is 11.0. The largest absolute Gasteiger partial charge is 0.342 e. The van der Waals surface area contributed by atoms with Gasteiger partial charge < -0.3 is 15.5 Å². The van der Waals surface area contributed by atoms with Crippen molar-refractivity contribution in [3.05, 3.63) is 30.1 Å². The lowest BCUT2D eigenvalue weighted by atomic mass is 10.1. The number of hydrogen-bond acceptors (Lipinski definition) is 7. The second kappa shape index (κ2) is 11.1. The zero-order chi connectivity index (χ0) is 28.4. The van der Waals surface area contributed by atoms with Gasteiger partial charge in [-0.2, -0.15) is 5.10 Å². The summed E-state index contributed by atoms with van der Waals surface area (Å²) in [6, 6.07) is 0.708. The van der Waals surface area contributed by atoms with Gasteiger partial charge in [0.05, 0.1) is 11.3 Å². The van der Waals surface area contributed by atoms with Crippen LogP contribution in [-0.4, -0.2) is 76.1 Å². The van der Waals surface area contributed by atoms with E-state index >= 15 is 0 Å². The molecule has 3 N–H and O–H groups in total. The van der Waals surface area contributed by atoms with Gasteiger partial charge >= 0.3 is 0 Å². The van der Waals surface area contributed by atoms with E-state index in [1.54, 1.807) is 20.2 Å².